The lowest BCUT2D eigenvalue weighted by molar-refractivity contribution is 1.13. The topological polar surface area (TPSA) is 51.8 Å². The predicted octanol–water partition coefficient (Wildman–Crippen LogP) is 4.25. The molecule has 0 aromatic heterocycles. The van der Waals surface area contributed by atoms with Gasteiger partial charge in [-0.3, -0.25) is 5.41 Å². The van der Waals surface area contributed by atoms with Crippen LogP contribution in [0.2, 0.25) is 0 Å². The summed E-state index contributed by atoms with van der Waals surface area (Å²) in [5, 5.41) is 16.4. The summed E-state index contributed by atoms with van der Waals surface area (Å²) in [5.74, 6) is 0. The summed E-state index contributed by atoms with van der Waals surface area (Å²) < 4.78 is 0.970. The second kappa shape index (κ2) is 7.63. The van der Waals surface area contributed by atoms with Gasteiger partial charge in [0.1, 0.15) is 0 Å². The van der Waals surface area contributed by atoms with Crippen LogP contribution in [0.4, 0.5) is 11.4 Å². The number of anilines is 1. The van der Waals surface area contributed by atoms with Crippen molar-refractivity contribution in [3.8, 4) is 0 Å². The molecular weight excluding hydrogens is 359 g/mol. The molecule has 0 unspecified atom stereocenters. The molecule has 1 aromatic carbocycles. The number of azo groups is 1. The summed E-state index contributed by atoms with van der Waals surface area (Å²) >= 11 is 1.27. The maximum Gasteiger partial charge on any atom is 0.152 e. The summed E-state index contributed by atoms with van der Waals surface area (Å²) in [6, 6.07) is 7.94. The minimum Gasteiger partial charge on any atom is -0.378 e. The highest BCUT2D eigenvalue weighted by Crippen LogP contribution is 2.20. The highest BCUT2D eigenvalue weighted by molar-refractivity contribution is 14.2. The SMILES string of the molecule is CI=C(N=Nc1ccc(N(C)C)cc1)SC(C)=N. The smallest absolute Gasteiger partial charge is 0.152 e. The minimum atomic E-state index is -0.137. The molecule has 4 nitrogen and oxygen atoms in total. The molecule has 18 heavy (non-hydrogen) atoms. The molecule has 0 amide bonds. The van der Waals surface area contributed by atoms with Gasteiger partial charge in [0.05, 0.1) is 10.7 Å². The molecule has 1 N–H and O–H groups in total. The van der Waals surface area contributed by atoms with Crippen molar-refractivity contribution in [2.45, 2.75) is 6.92 Å². The summed E-state index contributed by atoms with van der Waals surface area (Å²) in [5.41, 5.74) is 1.99. The van der Waals surface area contributed by atoms with Crippen molar-refractivity contribution in [2.75, 3.05) is 23.9 Å². The Morgan fingerprint density at radius 2 is 1.89 bits per heavy atom. The zero-order valence-electron chi connectivity index (χ0n) is 10.9. The average Bonchev–Trinajstić information content (AvgIpc) is 2.34. The van der Waals surface area contributed by atoms with Gasteiger partial charge >= 0.3 is 0 Å². The van der Waals surface area contributed by atoms with E-state index in [2.05, 4.69) is 15.2 Å². The van der Waals surface area contributed by atoms with Crippen molar-refractivity contribution < 1.29 is 0 Å². The van der Waals surface area contributed by atoms with Crippen molar-refractivity contribution in [1.29, 1.82) is 5.41 Å². The van der Waals surface area contributed by atoms with Gasteiger partial charge in [-0.25, -0.2) is 0 Å². The van der Waals surface area contributed by atoms with Crippen LogP contribution < -0.4 is 4.90 Å². The number of nitrogens with zero attached hydrogens (tertiary/aromatic N) is 3. The minimum absolute atomic E-state index is 0.137. The third-order valence-corrected chi connectivity index (χ3v) is 5.40. The first-order valence-corrected chi connectivity index (χ1v) is 9.36. The molecule has 0 atom stereocenters. The van der Waals surface area contributed by atoms with E-state index in [1.165, 1.54) is 11.8 Å². The number of alkyl halides is 1. The molecule has 98 valence electrons. The van der Waals surface area contributed by atoms with Crippen molar-refractivity contribution in [3.05, 3.63) is 24.3 Å². The first-order valence-electron chi connectivity index (χ1n) is 5.31. The maximum absolute atomic E-state index is 7.44. The van der Waals surface area contributed by atoms with E-state index in [-0.39, 0.29) is 20.7 Å². The lowest BCUT2D eigenvalue weighted by Gasteiger charge is -2.11. The quantitative estimate of drug-likeness (QED) is 0.281. The molecule has 0 aliphatic heterocycles. The maximum atomic E-state index is 7.44. The van der Waals surface area contributed by atoms with Crippen LogP contribution in [0.15, 0.2) is 34.5 Å². The van der Waals surface area contributed by atoms with Crippen LogP contribution in [0.1, 0.15) is 6.92 Å². The molecule has 0 saturated carbocycles. The summed E-state index contributed by atoms with van der Waals surface area (Å²) in [4.78, 5) is 4.17. The molecule has 0 heterocycles. The molecule has 0 fully saturated rings. The van der Waals surface area contributed by atoms with Crippen LogP contribution in [-0.2, 0) is 0 Å². The van der Waals surface area contributed by atoms with E-state index < -0.39 is 0 Å². The fourth-order valence-electron chi connectivity index (χ4n) is 1.14. The third-order valence-electron chi connectivity index (χ3n) is 2.01. The fourth-order valence-corrected chi connectivity index (χ4v) is 3.52. The van der Waals surface area contributed by atoms with Gasteiger partial charge in [0, 0.05) is 19.8 Å². The highest BCUT2D eigenvalue weighted by Gasteiger charge is 1.98. The lowest BCUT2D eigenvalue weighted by Crippen LogP contribution is -2.07. The first-order chi connectivity index (χ1) is 8.52. The van der Waals surface area contributed by atoms with Gasteiger partial charge < -0.3 is 4.90 Å². The largest absolute Gasteiger partial charge is 0.378 e. The Hall–Kier alpha value is -0.760. The fraction of sp³-hybridized carbons (Fsp3) is 0.333. The Morgan fingerprint density at radius 1 is 1.28 bits per heavy atom. The van der Waals surface area contributed by atoms with Gasteiger partial charge in [0.15, 0.2) is 2.96 Å². The zero-order chi connectivity index (χ0) is 13.5. The van der Waals surface area contributed by atoms with Crippen LogP contribution in [0, 0.1) is 5.41 Å². The molecular formula is C12H17IN4S. The second-order valence-electron chi connectivity index (χ2n) is 3.71. The van der Waals surface area contributed by atoms with E-state index in [0.717, 1.165) is 14.3 Å². The standard InChI is InChI=1S/C12H17IN4S/c1-9(14)18-12(13-2)16-15-10-5-7-11(8-6-10)17(3)4/h5-8,14H,1-4H3. The number of thioether (sulfide) groups is 1. The van der Waals surface area contributed by atoms with E-state index >= 15 is 0 Å². The van der Waals surface area contributed by atoms with E-state index in [1.54, 1.807) is 6.92 Å². The van der Waals surface area contributed by atoms with E-state index in [9.17, 15) is 0 Å². The molecule has 0 radical (unpaired) electrons. The number of hydrogen-bond acceptors (Lipinski definition) is 5. The van der Waals surface area contributed by atoms with Crippen LogP contribution in [0.3, 0.4) is 0 Å². The summed E-state index contributed by atoms with van der Waals surface area (Å²) in [6.45, 7) is 1.77. The van der Waals surface area contributed by atoms with E-state index in [4.69, 9.17) is 5.41 Å². The number of hydrogen-bond donors (Lipinski definition) is 1. The Kier molecular flexibility index (Phi) is 6.48. The van der Waals surface area contributed by atoms with E-state index in [1.807, 2.05) is 43.3 Å². The Bertz CT molecular complexity index is 465. The third kappa shape index (κ3) is 5.26. The van der Waals surface area contributed by atoms with Crippen LogP contribution in [0.25, 0.3) is 0 Å². The molecule has 0 aliphatic carbocycles. The van der Waals surface area contributed by atoms with Crippen LogP contribution in [0.5, 0.6) is 0 Å². The molecule has 1 aromatic rings. The van der Waals surface area contributed by atoms with Crippen molar-refractivity contribution in [3.63, 3.8) is 0 Å². The number of nitrogens with one attached hydrogen (secondary N) is 1. The molecule has 0 spiro atoms. The van der Waals surface area contributed by atoms with Crippen molar-refractivity contribution in [1.82, 2.24) is 0 Å². The van der Waals surface area contributed by atoms with Crippen molar-refractivity contribution >= 4 is 51.9 Å². The molecule has 1 rings (SSSR count). The number of rotatable bonds is 4. The Balaban J connectivity index is 2.74. The van der Waals surface area contributed by atoms with Gasteiger partial charge in [0.25, 0.3) is 0 Å². The van der Waals surface area contributed by atoms with E-state index in [0.29, 0.717) is 5.04 Å². The molecule has 0 bridgehead atoms. The monoisotopic (exact) mass is 376 g/mol. The second-order valence-corrected chi connectivity index (χ2v) is 7.75. The zero-order valence-corrected chi connectivity index (χ0v) is 13.9. The lowest BCUT2D eigenvalue weighted by atomic mass is 10.3. The average molecular weight is 376 g/mol. The number of benzene rings is 1. The Morgan fingerprint density at radius 3 is 2.33 bits per heavy atom. The van der Waals surface area contributed by atoms with Gasteiger partial charge in [-0.1, -0.05) is 20.7 Å². The summed E-state index contributed by atoms with van der Waals surface area (Å²) in [6.07, 6.45) is 0. The van der Waals surface area contributed by atoms with Crippen LogP contribution >= 0.6 is 32.5 Å². The van der Waals surface area contributed by atoms with Gasteiger partial charge in [-0.15, -0.1) is 10.2 Å². The molecule has 6 heteroatoms. The summed E-state index contributed by atoms with van der Waals surface area (Å²) in [7, 11) is 4.01. The van der Waals surface area contributed by atoms with Gasteiger partial charge in [-0.2, -0.15) is 0 Å². The normalized spacial score (nSPS) is 12.3. The highest BCUT2D eigenvalue weighted by atomic mass is 127. The molecule has 0 aliphatic rings. The Labute approximate surface area is 122 Å². The van der Waals surface area contributed by atoms with Crippen LogP contribution in [-0.4, -0.2) is 27.0 Å². The van der Waals surface area contributed by atoms with Crippen molar-refractivity contribution in [2.24, 2.45) is 10.2 Å². The first kappa shape index (κ1) is 15.3. The predicted molar refractivity (Wildman–Crippen MR) is 91.2 cm³/mol. The molecule has 0 saturated heterocycles. The number of halogens is 1. The van der Waals surface area contributed by atoms with Gasteiger partial charge in [0.2, 0.25) is 0 Å². The van der Waals surface area contributed by atoms with Gasteiger partial charge in [-0.05, 0) is 47.9 Å².